The molecule has 1 fully saturated rings. The minimum absolute atomic E-state index is 0.0610. The minimum atomic E-state index is -0.401. The van der Waals surface area contributed by atoms with Gasteiger partial charge in [-0.15, -0.1) is 10.2 Å². The van der Waals surface area contributed by atoms with Crippen LogP contribution in [0.2, 0.25) is 0 Å². The third-order valence-electron chi connectivity index (χ3n) is 4.56. The molecule has 140 valence electrons. The van der Waals surface area contributed by atoms with Crippen LogP contribution in [0.4, 0.5) is 0 Å². The van der Waals surface area contributed by atoms with Gasteiger partial charge in [-0.1, -0.05) is 11.8 Å². The predicted octanol–water partition coefficient (Wildman–Crippen LogP) is 3.41. The highest BCUT2D eigenvalue weighted by Crippen LogP contribution is 2.39. The van der Waals surface area contributed by atoms with E-state index in [2.05, 4.69) is 19.7 Å². The van der Waals surface area contributed by atoms with E-state index < -0.39 is 5.97 Å². The Labute approximate surface area is 156 Å². The van der Waals surface area contributed by atoms with E-state index in [0.29, 0.717) is 35.2 Å². The molecule has 2 aromatic rings. The molecule has 0 amide bonds. The van der Waals surface area contributed by atoms with E-state index in [1.807, 2.05) is 13.8 Å². The average molecular weight is 376 g/mol. The van der Waals surface area contributed by atoms with Crippen LogP contribution < -0.4 is 0 Å². The first-order valence-corrected chi connectivity index (χ1v) is 9.71. The first-order chi connectivity index (χ1) is 12.3. The Hall–Kier alpha value is -2.09. The molecule has 0 saturated heterocycles. The minimum Gasteiger partial charge on any atom is -0.462 e. The van der Waals surface area contributed by atoms with Gasteiger partial charge in [0.15, 0.2) is 10.9 Å². The lowest BCUT2D eigenvalue weighted by Gasteiger charge is -2.11. The number of esters is 1. The number of rotatable bonds is 7. The van der Waals surface area contributed by atoms with Gasteiger partial charge in [0, 0.05) is 11.7 Å². The average Bonchev–Trinajstić information content (AvgIpc) is 3.29. The van der Waals surface area contributed by atoms with Crippen LogP contribution in [0.3, 0.4) is 0 Å². The molecular weight excluding hydrogens is 352 g/mol. The standard InChI is InChI=1S/C18H24N4O3S/c1-6-25-17(24)14-9(2)15(19-10(14)3)16(23)11(4)26-18-21-20-12(5)22(18)13-7-8-13/h11,13,19H,6-8H2,1-5H3/t11-/m1/s1. The normalized spacial score (nSPS) is 15.1. The number of nitrogens with zero attached hydrogens (tertiary/aromatic N) is 3. The van der Waals surface area contributed by atoms with Gasteiger partial charge in [-0.2, -0.15) is 0 Å². The number of hydrogen-bond acceptors (Lipinski definition) is 6. The van der Waals surface area contributed by atoms with E-state index in [1.54, 1.807) is 20.8 Å². The van der Waals surface area contributed by atoms with Crippen molar-refractivity contribution >= 4 is 23.5 Å². The Morgan fingerprint density at radius 1 is 1.31 bits per heavy atom. The van der Waals surface area contributed by atoms with Gasteiger partial charge in [-0.05, 0) is 53.0 Å². The summed E-state index contributed by atoms with van der Waals surface area (Å²) in [5.41, 5.74) is 2.20. The molecule has 1 aliphatic carbocycles. The van der Waals surface area contributed by atoms with Gasteiger partial charge >= 0.3 is 5.97 Å². The lowest BCUT2D eigenvalue weighted by molar-refractivity contribution is 0.0525. The Kier molecular flexibility index (Phi) is 5.22. The number of aromatic nitrogens is 4. The van der Waals surface area contributed by atoms with Crippen LogP contribution in [0.15, 0.2) is 5.16 Å². The van der Waals surface area contributed by atoms with Crippen molar-refractivity contribution in [2.45, 2.75) is 63.9 Å². The quantitative estimate of drug-likeness (QED) is 0.452. The highest BCUT2D eigenvalue weighted by molar-refractivity contribution is 8.00. The Bertz CT molecular complexity index is 851. The maximum absolute atomic E-state index is 13.0. The third-order valence-corrected chi connectivity index (χ3v) is 5.62. The van der Waals surface area contributed by atoms with Crippen molar-refractivity contribution in [3.63, 3.8) is 0 Å². The van der Waals surface area contributed by atoms with E-state index in [4.69, 9.17) is 4.74 Å². The molecule has 0 radical (unpaired) electrons. The number of ether oxygens (including phenoxy) is 1. The number of aromatic amines is 1. The van der Waals surface area contributed by atoms with Gasteiger partial charge in [-0.3, -0.25) is 4.79 Å². The van der Waals surface area contributed by atoms with Crippen LogP contribution in [0, 0.1) is 20.8 Å². The Morgan fingerprint density at radius 3 is 2.62 bits per heavy atom. The summed E-state index contributed by atoms with van der Waals surface area (Å²) in [5, 5.41) is 8.82. The zero-order valence-electron chi connectivity index (χ0n) is 15.8. The van der Waals surface area contributed by atoms with Gasteiger partial charge in [0.25, 0.3) is 0 Å². The van der Waals surface area contributed by atoms with Crippen molar-refractivity contribution in [1.82, 2.24) is 19.7 Å². The highest BCUT2D eigenvalue weighted by atomic mass is 32.2. The van der Waals surface area contributed by atoms with Crippen LogP contribution >= 0.6 is 11.8 Å². The van der Waals surface area contributed by atoms with Gasteiger partial charge in [-0.25, -0.2) is 4.79 Å². The lowest BCUT2D eigenvalue weighted by Crippen LogP contribution is -2.16. The summed E-state index contributed by atoms with van der Waals surface area (Å²) in [6.45, 7) is 9.41. The van der Waals surface area contributed by atoms with E-state index in [-0.39, 0.29) is 11.0 Å². The molecule has 26 heavy (non-hydrogen) atoms. The number of carbonyl (C=O) groups excluding carboxylic acids is 2. The molecule has 1 aliphatic rings. The Morgan fingerprint density at radius 2 is 2.00 bits per heavy atom. The van der Waals surface area contributed by atoms with Crippen molar-refractivity contribution in [3.8, 4) is 0 Å². The van der Waals surface area contributed by atoms with Crippen molar-refractivity contribution in [2.75, 3.05) is 6.61 Å². The van der Waals surface area contributed by atoms with E-state index in [9.17, 15) is 9.59 Å². The van der Waals surface area contributed by atoms with Crippen molar-refractivity contribution < 1.29 is 14.3 Å². The molecule has 1 atom stereocenters. The molecule has 8 heteroatoms. The first kappa shape index (κ1) is 18.7. The maximum atomic E-state index is 13.0. The summed E-state index contributed by atoms with van der Waals surface area (Å²) in [6, 6.07) is 0.458. The topological polar surface area (TPSA) is 89.9 Å². The van der Waals surface area contributed by atoms with Gasteiger partial charge < -0.3 is 14.3 Å². The molecule has 0 bridgehead atoms. The molecule has 0 aromatic carbocycles. The summed E-state index contributed by atoms with van der Waals surface area (Å²) < 4.78 is 7.21. The van der Waals surface area contributed by atoms with Crippen molar-refractivity contribution in [1.29, 1.82) is 0 Å². The number of carbonyl (C=O) groups is 2. The SMILES string of the molecule is CCOC(=O)c1c(C)[nH]c(C(=O)[C@@H](C)Sc2nnc(C)n2C2CC2)c1C. The zero-order chi connectivity index (χ0) is 19.0. The number of hydrogen-bond donors (Lipinski definition) is 1. The summed E-state index contributed by atoms with van der Waals surface area (Å²) in [4.78, 5) is 28.2. The first-order valence-electron chi connectivity index (χ1n) is 8.83. The molecule has 2 aromatic heterocycles. The molecule has 0 unspecified atom stereocenters. The molecule has 2 heterocycles. The summed E-state index contributed by atoms with van der Waals surface area (Å²) in [6.07, 6.45) is 2.26. The number of ketones is 1. The fraction of sp³-hybridized carbons (Fsp3) is 0.556. The van der Waals surface area contributed by atoms with Crippen molar-refractivity contribution in [2.24, 2.45) is 0 Å². The number of H-pyrrole nitrogens is 1. The predicted molar refractivity (Wildman–Crippen MR) is 98.9 cm³/mol. The number of Topliss-reactive ketones (excluding diaryl/α,β-unsaturated/α-hetero) is 1. The molecule has 0 spiro atoms. The second-order valence-electron chi connectivity index (χ2n) is 6.60. The summed E-state index contributed by atoms with van der Waals surface area (Å²) in [7, 11) is 0. The van der Waals surface area contributed by atoms with Gasteiger partial charge in [0.2, 0.25) is 0 Å². The summed E-state index contributed by atoms with van der Waals surface area (Å²) in [5.74, 6) is 0.419. The van der Waals surface area contributed by atoms with Crippen LogP contribution in [-0.4, -0.2) is 43.4 Å². The smallest absolute Gasteiger partial charge is 0.340 e. The number of nitrogens with one attached hydrogen (secondary N) is 1. The fourth-order valence-corrected chi connectivity index (χ4v) is 4.13. The van der Waals surface area contributed by atoms with Gasteiger partial charge in [0.1, 0.15) is 5.82 Å². The van der Waals surface area contributed by atoms with E-state index in [0.717, 1.165) is 23.8 Å². The van der Waals surface area contributed by atoms with Crippen molar-refractivity contribution in [3.05, 3.63) is 28.3 Å². The molecule has 0 aliphatic heterocycles. The zero-order valence-corrected chi connectivity index (χ0v) is 16.6. The molecule has 7 nitrogen and oxygen atoms in total. The van der Waals surface area contributed by atoms with Crippen LogP contribution in [-0.2, 0) is 4.74 Å². The van der Waals surface area contributed by atoms with E-state index >= 15 is 0 Å². The monoisotopic (exact) mass is 376 g/mol. The summed E-state index contributed by atoms with van der Waals surface area (Å²) >= 11 is 1.41. The molecule has 3 rings (SSSR count). The lowest BCUT2D eigenvalue weighted by atomic mass is 10.1. The maximum Gasteiger partial charge on any atom is 0.340 e. The van der Waals surface area contributed by atoms with Crippen LogP contribution in [0.1, 0.15) is 70.7 Å². The van der Waals surface area contributed by atoms with E-state index in [1.165, 1.54) is 11.8 Å². The van der Waals surface area contributed by atoms with Crippen LogP contribution in [0.25, 0.3) is 0 Å². The fourth-order valence-electron chi connectivity index (χ4n) is 3.10. The van der Waals surface area contributed by atoms with Gasteiger partial charge in [0.05, 0.1) is 23.1 Å². The highest BCUT2D eigenvalue weighted by Gasteiger charge is 2.31. The molecule has 1 saturated carbocycles. The van der Waals surface area contributed by atoms with Crippen LogP contribution in [0.5, 0.6) is 0 Å². The molecule has 1 N–H and O–H groups in total. The second kappa shape index (κ2) is 7.26. The largest absolute Gasteiger partial charge is 0.462 e. The molecular formula is C18H24N4O3S. The number of aryl methyl sites for hydroxylation is 2. The Balaban J connectivity index is 1.81. The second-order valence-corrected chi connectivity index (χ2v) is 7.91. The third kappa shape index (κ3) is 3.42. The number of thioether (sulfide) groups is 1.